The number of β-amino-alcohol motifs (C(OH)–C–C–N with tert-alkyl or cyclic N) is 1. The van der Waals surface area contributed by atoms with E-state index < -0.39 is 18.1 Å². The molecule has 2 rings (SSSR count). The summed E-state index contributed by atoms with van der Waals surface area (Å²) in [5.74, 6) is -1.05. The van der Waals surface area contributed by atoms with Gasteiger partial charge in [-0.3, -0.25) is 0 Å². The molecule has 2 N–H and O–H groups in total. The minimum Gasteiger partial charge on any atom is -0.480 e. The molecule has 0 aliphatic carbocycles. The lowest BCUT2D eigenvalue weighted by Crippen LogP contribution is -2.49. The van der Waals surface area contributed by atoms with Crippen molar-refractivity contribution >= 4 is 12.0 Å². The van der Waals surface area contributed by atoms with Crippen LogP contribution in [0.25, 0.3) is 0 Å². The molecule has 1 fully saturated rings. The summed E-state index contributed by atoms with van der Waals surface area (Å²) in [6.07, 6.45) is 2.25. The quantitative estimate of drug-likeness (QED) is 0.658. The van der Waals surface area contributed by atoms with Crippen molar-refractivity contribution < 1.29 is 19.8 Å². The van der Waals surface area contributed by atoms with Gasteiger partial charge >= 0.3 is 12.0 Å². The number of hydrogen-bond acceptors (Lipinski definition) is 3. The lowest BCUT2D eigenvalue weighted by atomic mass is 10.1. The van der Waals surface area contributed by atoms with Crippen molar-refractivity contribution in [3.63, 3.8) is 0 Å². The molecule has 2 aliphatic heterocycles. The molecule has 0 spiro atoms. The third kappa shape index (κ3) is 2.48. The molecular formula is C12H18N2O4. The SMILES string of the molecule is CC1=CCCN(C(=O)N2CC(O)C[C@H]2C(=O)O)C1. The van der Waals surface area contributed by atoms with Crippen LogP contribution in [-0.4, -0.2) is 63.8 Å². The van der Waals surface area contributed by atoms with Crippen molar-refractivity contribution in [1.29, 1.82) is 0 Å². The number of carboxylic acid groups (broad SMARTS) is 1. The number of carbonyl (C=O) groups excluding carboxylic acids is 1. The first-order chi connectivity index (χ1) is 8.49. The van der Waals surface area contributed by atoms with Gasteiger partial charge in [0.05, 0.1) is 6.10 Å². The summed E-state index contributed by atoms with van der Waals surface area (Å²) < 4.78 is 0. The van der Waals surface area contributed by atoms with Gasteiger partial charge < -0.3 is 20.0 Å². The van der Waals surface area contributed by atoms with Crippen LogP contribution in [0.15, 0.2) is 11.6 Å². The van der Waals surface area contributed by atoms with Crippen LogP contribution in [0.2, 0.25) is 0 Å². The van der Waals surface area contributed by atoms with E-state index in [0.717, 1.165) is 12.0 Å². The molecule has 100 valence electrons. The summed E-state index contributed by atoms with van der Waals surface area (Å²) in [4.78, 5) is 26.2. The third-order valence-corrected chi connectivity index (χ3v) is 3.41. The Bertz CT molecular complexity index is 394. The molecule has 2 heterocycles. The van der Waals surface area contributed by atoms with E-state index in [1.54, 1.807) is 4.90 Å². The first-order valence-corrected chi connectivity index (χ1v) is 6.11. The predicted octanol–water partition coefficient (Wildman–Crippen LogP) is 0.278. The zero-order chi connectivity index (χ0) is 13.3. The lowest BCUT2D eigenvalue weighted by Gasteiger charge is -2.32. The van der Waals surface area contributed by atoms with Crippen molar-refractivity contribution in [2.24, 2.45) is 0 Å². The molecular weight excluding hydrogens is 236 g/mol. The fourth-order valence-electron chi connectivity index (χ4n) is 2.52. The summed E-state index contributed by atoms with van der Waals surface area (Å²) in [5, 5.41) is 18.6. The van der Waals surface area contributed by atoms with E-state index in [-0.39, 0.29) is 19.0 Å². The van der Waals surface area contributed by atoms with E-state index >= 15 is 0 Å². The molecule has 2 aliphatic rings. The minimum atomic E-state index is -1.05. The van der Waals surface area contributed by atoms with E-state index in [2.05, 4.69) is 6.08 Å². The van der Waals surface area contributed by atoms with E-state index in [1.165, 1.54) is 4.90 Å². The van der Waals surface area contributed by atoms with Gasteiger partial charge in [-0.2, -0.15) is 0 Å². The van der Waals surface area contributed by atoms with Crippen LogP contribution in [-0.2, 0) is 4.79 Å². The Labute approximate surface area is 105 Å². The van der Waals surface area contributed by atoms with Crippen molar-refractivity contribution in [3.05, 3.63) is 11.6 Å². The van der Waals surface area contributed by atoms with Gasteiger partial charge in [0.25, 0.3) is 0 Å². The number of aliphatic carboxylic acids is 1. The van der Waals surface area contributed by atoms with Crippen LogP contribution in [0.4, 0.5) is 4.79 Å². The van der Waals surface area contributed by atoms with Gasteiger partial charge in [0.2, 0.25) is 0 Å². The van der Waals surface area contributed by atoms with Gasteiger partial charge in [-0.25, -0.2) is 9.59 Å². The summed E-state index contributed by atoms with van der Waals surface area (Å²) in [6, 6.07) is -1.19. The molecule has 0 aromatic rings. The average Bonchev–Trinajstić information content (AvgIpc) is 2.70. The standard InChI is InChI=1S/C12H18N2O4/c1-8-3-2-4-13(6-8)12(18)14-7-9(15)5-10(14)11(16)17/h3,9-10,15H,2,4-7H2,1H3,(H,16,17)/t9?,10-/m0/s1. The number of likely N-dealkylation sites (tertiary alicyclic amines) is 1. The van der Waals surface area contributed by atoms with Gasteiger partial charge in [0.1, 0.15) is 6.04 Å². The maximum Gasteiger partial charge on any atom is 0.326 e. The summed E-state index contributed by atoms with van der Waals surface area (Å²) in [5.41, 5.74) is 1.11. The molecule has 0 aromatic heterocycles. The summed E-state index contributed by atoms with van der Waals surface area (Å²) in [6.45, 7) is 3.20. The van der Waals surface area contributed by atoms with Crippen molar-refractivity contribution in [1.82, 2.24) is 9.80 Å². The number of urea groups is 1. The van der Waals surface area contributed by atoms with Gasteiger partial charge in [-0.15, -0.1) is 0 Å². The maximum absolute atomic E-state index is 12.3. The fourth-order valence-corrected chi connectivity index (χ4v) is 2.52. The summed E-state index contributed by atoms with van der Waals surface area (Å²) >= 11 is 0. The Kier molecular flexibility index (Phi) is 3.56. The molecule has 0 aromatic carbocycles. The van der Waals surface area contributed by atoms with Gasteiger partial charge in [0, 0.05) is 26.1 Å². The molecule has 6 heteroatoms. The number of aliphatic hydroxyl groups excluding tert-OH is 1. The largest absolute Gasteiger partial charge is 0.480 e. The maximum atomic E-state index is 12.3. The molecule has 0 bridgehead atoms. The van der Waals surface area contributed by atoms with Gasteiger partial charge in [0.15, 0.2) is 0 Å². The summed E-state index contributed by atoms with van der Waals surface area (Å²) in [7, 11) is 0. The predicted molar refractivity (Wildman–Crippen MR) is 64.1 cm³/mol. The fraction of sp³-hybridized carbons (Fsp3) is 0.667. The normalized spacial score (nSPS) is 28.2. The number of carbonyl (C=O) groups is 2. The molecule has 2 atom stereocenters. The third-order valence-electron chi connectivity index (χ3n) is 3.41. The molecule has 2 amide bonds. The highest BCUT2D eigenvalue weighted by Crippen LogP contribution is 2.21. The Morgan fingerprint density at radius 1 is 1.44 bits per heavy atom. The number of hydrogen-bond donors (Lipinski definition) is 2. The Hall–Kier alpha value is -1.56. The van der Waals surface area contributed by atoms with Crippen LogP contribution in [0.5, 0.6) is 0 Å². The van der Waals surface area contributed by atoms with E-state index in [1.807, 2.05) is 6.92 Å². The first kappa shape index (κ1) is 12.9. The Morgan fingerprint density at radius 2 is 2.17 bits per heavy atom. The van der Waals surface area contributed by atoms with Gasteiger partial charge in [-0.05, 0) is 13.3 Å². The number of aliphatic hydroxyl groups is 1. The molecule has 18 heavy (non-hydrogen) atoms. The van der Waals surface area contributed by atoms with E-state index in [0.29, 0.717) is 13.1 Å². The molecule has 1 saturated heterocycles. The Balaban J connectivity index is 2.08. The van der Waals surface area contributed by atoms with Crippen molar-refractivity contribution in [2.45, 2.75) is 31.9 Å². The van der Waals surface area contributed by atoms with Crippen molar-refractivity contribution in [3.8, 4) is 0 Å². The number of rotatable bonds is 1. The van der Waals surface area contributed by atoms with Crippen LogP contribution >= 0.6 is 0 Å². The molecule has 6 nitrogen and oxygen atoms in total. The number of carboxylic acids is 1. The van der Waals surface area contributed by atoms with Crippen LogP contribution in [0.3, 0.4) is 0 Å². The lowest BCUT2D eigenvalue weighted by molar-refractivity contribution is -0.141. The molecule has 1 unspecified atom stereocenters. The van der Waals surface area contributed by atoms with Crippen molar-refractivity contribution in [2.75, 3.05) is 19.6 Å². The second-order valence-corrected chi connectivity index (χ2v) is 4.94. The second kappa shape index (κ2) is 4.97. The zero-order valence-electron chi connectivity index (χ0n) is 10.4. The highest BCUT2D eigenvalue weighted by molar-refractivity contribution is 5.83. The smallest absolute Gasteiger partial charge is 0.326 e. The molecule has 0 radical (unpaired) electrons. The second-order valence-electron chi connectivity index (χ2n) is 4.94. The minimum absolute atomic E-state index is 0.106. The Morgan fingerprint density at radius 3 is 2.78 bits per heavy atom. The zero-order valence-corrected chi connectivity index (χ0v) is 10.4. The van der Waals surface area contributed by atoms with E-state index in [9.17, 15) is 14.7 Å². The highest BCUT2D eigenvalue weighted by atomic mass is 16.4. The first-order valence-electron chi connectivity index (χ1n) is 6.11. The number of amides is 2. The van der Waals surface area contributed by atoms with Crippen LogP contribution in [0.1, 0.15) is 19.8 Å². The van der Waals surface area contributed by atoms with Gasteiger partial charge in [-0.1, -0.05) is 11.6 Å². The topological polar surface area (TPSA) is 81.1 Å². The molecule has 0 saturated carbocycles. The van der Waals surface area contributed by atoms with Crippen LogP contribution in [0, 0.1) is 0 Å². The average molecular weight is 254 g/mol. The van der Waals surface area contributed by atoms with Crippen LogP contribution < -0.4 is 0 Å². The monoisotopic (exact) mass is 254 g/mol. The highest BCUT2D eigenvalue weighted by Gasteiger charge is 2.40. The number of nitrogens with zero attached hydrogens (tertiary/aromatic N) is 2. The van der Waals surface area contributed by atoms with E-state index in [4.69, 9.17) is 5.11 Å².